The predicted molar refractivity (Wildman–Crippen MR) is 72.4 cm³/mol. The first kappa shape index (κ1) is 11.1. The van der Waals surface area contributed by atoms with Gasteiger partial charge in [0.2, 0.25) is 0 Å². The van der Waals surface area contributed by atoms with Gasteiger partial charge in [-0.2, -0.15) is 0 Å². The molecule has 17 heavy (non-hydrogen) atoms. The van der Waals surface area contributed by atoms with Gasteiger partial charge in [-0.1, -0.05) is 18.2 Å². The van der Waals surface area contributed by atoms with Gasteiger partial charge in [-0.05, 0) is 55.8 Å². The molecule has 0 bridgehead atoms. The second-order valence-electron chi connectivity index (χ2n) is 5.73. The fourth-order valence-corrected chi connectivity index (χ4v) is 3.35. The van der Waals surface area contributed by atoms with E-state index in [4.69, 9.17) is 0 Å². The van der Waals surface area contributed by atoms with Gasteiger partial charge in [-0.15, -0.1) is 0 Å². The monoisotopic (exact) mass is 230 g/mol. The molecule has 1 saturated heterocycles. The van der Waals surface area contributed by atoms with Gasteiger partial charge in [0.1, 0.15) is 0 Å². The summed E-state index contributed by atoms with van der Waals surface area (Å²) in [5.41, 5.74) is 2.05. The SMILES string of the molecule is CN(CC1CC12CCNCC2)c1ccccc1. The highest BCUT2D eigenvalue weighted by Gasteiger charge is 2.53. The van der Waals surface area contributed by atoms with Gasteiger partial charge in [0.05, 0.1) is 0 Å². The number of para-hydroxylation sites is 1. The molecule has 2 aliphatic rings. The van der Waals surface area contributed by atoms with Crippen molar-refractivity contribution in [2.75, 3.05) is 31.6 Å². The van der Waals surface area contributed by atoms with Crippen molar-refractivity contribution in [1.29, 1.82) is 0 Å². The average molecular weight is 230 g/mol. The molecule has 2 fully saturated rings. The molecule has 1 N–H and O–H groups in total. The van der Waals surface area contributed by atoms with Crippen molar-refractivity contribution in [1.82, 2.24) is 5.32 Å². The predicted octanol–water partition coefficient (Wildman–Crippen LogP) is 2.51. The average Bonchev–Trinajstić information content (AvgIpc) is 3.03. The van der Waals surface area contributed by atoms with Crippen LogP contribution in [0.25, 0.3) is 0 Å². The summed E-state index contributed by atoms with van der Waals surface area (Å²) in [5, 5.41) is 3.47. The summed E-state index contributed by atoms with van der Waals surface area (Å²) in [4.78, 5) is 2.42. The van der Waals surface area contributed by atoms with E-state index in [1.54, 1.807) is 0 Å². The van der Waals surface area contributed by atoms with Gasteiger partial charge in [-0.3, -0.25) is 0 Å². The van der Waals surface area contributed by atoms with E-state index < -0.39 is 0 Å². The zero-order chi connectivity index (χ0) is 11.7. The summed E-state index contributed by atoms with van der Waals surface area (Å²) in [6, 6.07) is 10.7. The van der Waals surface area contributed by atoms with Gasteiger partial charge in [0.25, 0.3) is 0 Å². The Kier molecular flexibility index (Phi) is 2.83. The summed E-state index contributed by atoms with van der Waals surface area (Å²) in [6.45, 7) is 3.68. The van der Waals surface area contributed by atoms with Crippen molar-refractivity contribution in [3.63, 3.8) is 0 Å². The minimum Gasteiger partial charge on any atom is -0.374 e. The lowest BCUT2D eigenvalue weighted by Gasteiger charge is -2.26. The maximum atomic E-state index is 3.47. The van der Waals surface area contributed by atoms with Crippen molar-refractivity contribution >= 4 is 5.69 Å². The van der Waals surface area contributed by atoms with Crippen LogP contribution in [0.15, 0.2) is 30.3 Å². The largest absolute Gasteiger partial charge is 0.374 e. The number of hydrogen-bond donors (Lipinski definition) is 1. The van der Waals surface area contributed by atoms with E-state index in [1.165, 1.54) is 44.6 Å². The van der Waals surface area contributed by atoms with E-state index in [9.17, 15) is 0 Å². The van der Waals surface area contributed by atoms with Crippen LogP contribution in [0.5, 0.6) is 0 Å². The second-order valence-corrected chi connectivity index (χ2v) is 5.73. The number of benzene rings is 1. The molecule has 2 heteroatoms. The lowest BCUT2D eigenvalue weighted by molar-refractivity contribution is 0.324. The number of nitrogens with one attached hydrogen (secondary N) is 1. The molecule has 1 heterocycles. The van der Waals surface area contributed by atoms with Crippen LogP contribution in [-0.4, -0.2) is 26.7 Å². The van der Waals surface area contributed by atoms with Gasteiger partial charge in [0.15, 0.2) is 0 Å². The van der Waals surface area contributed by atoms with E-state index >= 15 is 0 Å². The molecule has 3 rings (SSSR count). The minimum absolute atomic E-state index is 0.703. The Bertz CT molecular complexity index is 368. The highest BCUT2D eigenvalue weighted by atomic mass is 15.1. The number of rotatable bonds is 3. The molecule has 1 aliphatic carbocycles. The molecule has 0 amide bonds. The summed E-state index contributed by atoms with van der Waals surface area (Å²) >= 11 is 0. The molecule has 0 aromatic heterocycles. The summed E-state index contributed by atoms with van der Waals surface area (Å²) in [7, 11) is 2.22. The smallest absolute Gasteiger partial charge is 0.0363 e. The fourth-order valence-electron chi connectivity index (χ4n) is 3.35. The van der Waals surface area contributed by atoms with Crippen molar-refractivity contribution in [3.8, 4) is 0 Å². The Morgan fingerprint density at radius 2 is 1.94 bits per heavy atom. The van der Waals surface area contributed by atoms with Crippen LogP contribution in [0, 0.1) is 11.3 Å². The Hall–Kier alpha value is -1.02. The first-order valence-corrected chi connectivity index (χ1v) is 6.77. The summed E-state index contributed by atoms with van der Waals surface area (Å²) < 4.78 is 0. The molecule has 1 unspecified atom stereocenters. The lowest BCUT2D eigenvalue weighted by atomic mass is 9.92. The van der Waals surface area contributed by atoms with Crippen molar-refractivity contribution in [3.05, 3.63) is 30.3 Å². The normalized spacial score (nSPS) is 25.8. The van der Waals surface area contributed by atoms with Gasteiger partial charge < -0.3 is 10.2 Å². The fraction of sp³-hybridized carbons (Fsp3) is 0.600. The Labute approximate surface area is 104 Å². The van der Waals surface area contributed by atoms with Gasteiger partial charge in [-0.25, -0.2) is 0 Å². The lowest BCUT2D eigenvalue weighted by Crippen LogP contribution is -2.31. The van der Waals surface area contributed by atoms with E-state index in [0.29, 0.717) is 5.41 Å². The molecular weight excluding hydrogens is 208 g/mol. The van der Waals surface area contributed by atoms with Crippen LogP contribution < -0.4 is 10.2 Å². The van der Waals surface area contributed by atoms with Gasteiger partial charge >= 0.3 is 0 Å². The van der Waals surface area contributed by atoms with E-state index in [2.05, 4.69) is 47.6 Å². The Balaban J connectivity index is 1.58. The van der Waals surface area contributed by atoms with Crippen LogP contribution in [-0.2, 0) is 0 Å². The highest BCUT2D eigenvalue weighted by Crippen LogP contribution is 2.58. The van der Waals surface area contributed by atoms with Crippen LogP contribution in [0.1, 0.15) is 19.3 Å². The number of piperidine rings is 1. The topological polar surface area (TPSA) is 15.3 Å². The molecular formula is C15H22N2. The molecule has 1 spiro atoms. The van der Waals surface area contributed by atoms with Crippen LogP contribution in [0.4, 0.5) is 5.69 Å². The van der Waals surface area contributed by atoms with Crippen LogP contribution >= 0.6 is 0 Å². The summed E-state index contributed by atoms with van der Waals surface area (Å²) in [5.74, 6) is 0.926. The second kappa shape index (κ2) is 4.34. The minimum atomic E-state index is 0.703. The molecule has 0 radical (unpaired) electrons. The maximum Gasteiger partial charge on any atom is 0.0363 e. The van der Waals surface area contributed by atoms with E-state index in [0.717, 1.165) is 5.92 Å². The number of hydrogen-bond acceptors (Lipinski definition) is 2. The molecule has 1 atom stereocenters. The Morgan fingerprint density at radius 3 is 2.65 bits per heavy atom. The molecule has 1 aromatic carbocycles. The first-order valence-electron chi connectivity index (χ1n) is 6.77. The molecule has 1 aliphatic heterocycles. The third kappa shape index (κ3) is 2.19. The van der Waals surface area contributed by atoms with E-state index in [-0.39, 0.29) is 0 Å². The molecule has 92 valence electrons. The zero-order valence-electron chi connectivity index (χ0n) is 10.7. The standard InChI is InChI=1S/C15H22N2/c1-17(14-5-3-2-4-6-14)12-13-11-15(13)7-9-16-10-8-15/h2-6,13,16H,7-12H2,1H3. The first-order chi connectivity index (χ1) is 8.30. The molecule has 1 aromatic rings. The van der Waals surface area contributed by atoms with Crippen molar-refractivity contribution in [2.24, 2.45) is 11.3 Å². The van der Waals surface area contributed by atoms with Gasteiger partial charge in [0, 0.05) is 19.3 Å². The van der Waals surface area contributed by atoms with Crippen LogP contribution in [0.2, 0.25) is 0 Å². The van der Waals surface area contributed by atoms with Crippen molar-refractivity contribution in [2.45, 2.75) is 19.3 Å². The third-order valence-corrected chi connectivity index (χ3v) is 4.65. The quantitative estimate of drug-likeness (QED) is 0.858. The third-order valence-electron chi connectivity index (χ3n) is 4.65. The summed E-state index contributed by atoms with van der Waals surface area (Å²) in [6.07, 6.45) is 4.23. The van der Waals surface area contributed by atoms with Crippen molar-refractivity contribution < 1.29 is 0 Å². The maximum absolute atomic E-state index is 3.47. The van der Waals surface area contributed by atoms with Crippen LogP contribution in [0.3, 0.4) is 0 Å². The highest BCUT2D eigenvalue weighted by molar-refractivity contribution is 5.45. The number of anilines is 1. The molecule has 1 saturated carbocycles. The Morgan fingerprint density at radius 1 is 1.24 bits per heavy atom. The zero-order valence-corrected chi connectivity index (χ0v) is 10.7. The molecule has 2 nitrogen and oxygen atoms in total. The van der Waals surface area contributed by atoms with E-state index in [1.807, 2.05) is 0 Å². The number of nitrogens with zero attached hydrogens (tertiary/aromatic N) is 1.